The lowest BCUT2D eigenvalue weighted by atomic mass is 9.84. The van der Waals surface area contributed by atoms with Gasteiger partial charge in [0, 0.05) is 80.7 Å². The SMILES string of the molecule is COCCOCCOCCOCCOCCOCCOCCOCCNC(=O)[C@H](CCC(=O)NCC(=O)NCC(=O)N[C@@H](Cc1ccccc1)C(=O)NCC(=O)NCO[C@H](C)C(=O)NCc1c2c(nc3cc(F)c(C)cc13)-c1cc3c(c(=O)n1C2)COC(=O)[C@]3(O)CC1CC1)NCCCCC#Cc1cnc(S(C)(=O)=O)nc1. The molecule has 34 nitrogen and oxygen atoms in total. The summed E-state index contributed by atoms with van der Waals surface area (Å²) in [5.74, 6) is 0.0754. The number of unbranched alkanes of at least 4 members (excludes halogenated alkanes) is 2. The number of ether oxygens (including phenoxy) is 10. The second-order valence-corrected chi connectivity index (χ2v) is 28.6. The molecule has 8 rings (SSSR count). The second-order valence-electron chi connectivity index (χ2n) is 26.7. The molecule has 3 aromatic heterocycles. The van der Waals surface area contributed by atoms with Gasteiger partial charge in [-0.3, -0.25) is 38.4 Å². The molecule has 7 amide bonds. The highest BCUT2D eigenvalue weighted by molar-refractivity contribution is 7.90. The maximum absolute atomic E-state index is 15.2. The van der Waals surface area contributed by atoms with Gasteiger partial charge in [-0.1, -0.05) is 55.0 Å². The number of pyridine rings is 2. The number of carbonyl (C=O) groups is 8. The number of halogens is 1. The first kappa shape index (κ1) is 88.2. The summed E-state index contributed by atoms with van der Waals surface area (Å²) in [4.78, 5) is 133. The molecule has 0 unspecified atom stereocenters. The van der Waals surface area contributed by atoms with Crippen LogP contribution in [0.2, 0.25) is 0 Å². The van der Waals surface area contributed by atoms with Gasteiger partial charge in [0.2, 0.25) is 56.3 Å². The van der Waals surface area contributed by atoms with E-state index in [1.165, 1.54) is 30.0 Å². The summed E-state index contributed by atoms with van der Waals surface area (Å²) in [6.45, 7) is 6.96. The van der Waals surface area contributed by atoms with Gasteiger partial charge >= 0.3 is 5.97 Å². The van der Waals surface area contributed by atoms with Crippen molar-refractivity contribution in [3.63, 3.8) is 0 Å². The number of rotatable bonds is 52. The van der Waals surface area contributed by atoms with Gasteiger partial charge in [-0.15, -0.1) is 0 Å². The summed E-state index contributed by atoms with van der Waals surface area (Å²) in [6, 6.07) is 11.1. The Kier molecular flexibility index (Phi) is 36.2. The molecule has 112 heavy (non-hydrogen) atoms. The molecule has 0 radical (unpaired) electrons. The minimum Gasteiger partial charge on any atom is -0.458 e. The Hall–Kier alpha value is -9.36. The number of amides is 7. The number of aliphatic hydroxyl groups is 1. The van der Waals surface area contributed by atoms with E-state index in [-0.39, 0.29) is 99.5 Å². The van der Waals surface area contributed by atoms with Crippen LogP contribution in [0.3, 0.4) is 0 Å². The number of cyclic esters (lactones) is 1. The summed E-state index contributed by atoms with van der Waals surface area (Å²) >= 11 is 0. The van der Waals surface area contributed by atoms with E-state index in [1.807, 2.05) is 0 Å². The Morgan fingerprint density at radius 3 is 1.94 bits per heavy atom. The number of carbonyl (C=O) groups excluding carboxylic acids is 8. The van der Waals surface area contributed by atoms with E-state index in [2.05, 4.69) is 64.3 Å². The predicted molar refractivity (Wildman–Crippen MR) is 400 cm³/mol. The standard InChI is InChI=1S/C76H101FN12O22S/c1-50-36-55-56(57-47-89-64(69(57)88-62(55)39-60(50)77)38-59-58(73(89)97)48-110-74(98)76(59,99)40-53-15-16-53)43-82-70(94)51(2)111-49-86-67(92)45-83-72(96)63(37-52-12-9-7-10-13-52)87-68(93)46-81-66(91)44-80-65(90)18-17-61(78-19-11-6-5-8-14-54-41-84-75(85-42-54)112(4,100)101)71(95)79-20-21-103-24-25-105-28-29-107-32-33-109-35-34-108-31-30-106-27-26-104-23-22-102-3/h7,9-10,12-13,36,38-39,41-42,51,53,61,63,78,99H,5-6,11,15-35,37,40,43-49H2,1-4H3,(H,79,95)(H,80,90)(H,81,91)(H,82,94)(H,83,96)(H,86,92)(H,87,93)/t51-,61+,63+,76+/m1/s1. The van der Waals surface area contributed by atoms with Crippen molar-refractivity contribution in [3.8, 4) is 23.2 Å². The highest BCUT2D eigenvalue weighted by Crippen LogP contribution is 2.46. The maximum Gasteiger partial charge on any atom is 0.343 e. The number of nitrogens with zero attached hydrogens (tertiary/aromatic N) is 4. The van der Waals surface area contributed by atoms with Crippen molar-refractivity contribution in [2.24, 2.45) is 5.92 Å². The number of nitrogens with one attached hydrogen (secondary N) is 8. The number of sulfone groups is 1. The van der Waals surface area contributed by atoms with Crippen LogP contribution in [0, 0.1) is 30.5 Å². The molecule has 5 heterocycles. The Bertz CT molecular complexity index is 4240. The summed E-state index contributed by atoms with van der Waals surface area (Å²) in [7, 11) is -1.95. The van der Waals surface area contributed by atoms with Crippen LogP contribution in [-0.2, 0) is 127 Å². The molecule has 1 aliphatic carbocycles. The zero-order chi connectivity index (χ0) is 80.3. The van der Waals surface area contributed by atoms with Gasteiger partial charge in [0.25, 0.3) is 5.56 Å². The zero-order valence-corrected chi connectivity index (χ0v) is 64.3. The first-order valence-corrected chi connectivity index (χ1v) is 39.1. The van der Waals surface area contributed by atoms with Crippen LogP contribution in [0.5, 0.6) is 0 Å². The minimum atomic E-state index is -3.56. The molecule has 610 valence electrons. The molecule has 9 N–H and O–H groups in total. The zero-order valence-electron chi connectivity index (χ0n) is 63.5. The van der Waals surface area contributed by atoms with E-state index in [0.29, 0.717) is 150 Å². The monoisotopic (exact) mass is 1580 g/mol. The highest BCUT2D eigenvalue weighted by Gasteiger charge is 2.50. The normalized spacial score (nSPS) is 15.0. The lowest BCUT2D eigenvalue weighted by Crippen LogP contribution is -2.52. The van der Waals surface area contributed by atoms with Gasteiger partial charge in [0.15, 0.2) is 5.60 Å². The van der Waals surface area contributed by atoms with Gasteiger partial charge in [-0.25, -0.2) is 32.6 Å². The van der Waals surface area contributed by atoms with Gasteiger partial charge in [-0.2, -0.15) is 0 Å². The number of benzene rings is 2. The largest absolute Gasteiger partial charge is 0.458 e. The smallest absolute Gasteiger partial charge is 0.343 e. The number of aryl methyl sites for hydroxylation is 1. The van der Waals surface area contributed by atoms with Crippen molar-refractivity contribution in [2.75, 3.05) is 152 Å². The molecule has 0 saturated heterocycles. The molecule has 1 fully saturated rings. The number of hydrogen-bond donors (Lipinski definition) is 9. The average Bonchev–Trinajstić information content (AvgIpc) is 1.52. The van der Waals surface area contributed by atoms with Crippen LogP contribution < -0.4 is 48.1 Å². The topological polar surface area (TPSA) is 440 Å². The molecule has 36 heteroatoms. The fourth-order valence-corrected chi connectivity index (χ4v) is 12.3. The molecule has 1 saturated carbocycles. The second kappa shape index (κ2) is 46.0. The van der Waals surface area contributed by atoms with Crippen molar-refractivity contribution >= 4 is 68.1 Å². The van der Waals surface area contributed by atoms with Crippen molar-refractivity contribution < 1.29 is 104 Å². The molecule has 2 aliphatic heterocycles. The lowest BCUT2D eigenvalue weighted by Gasteiger charge is -2.32. The molecule has 4 atom stereocenters. The lowest BCUT2D eigenvalue weighted by molar-refractivity contribution is -0.173. The van der Waals surface area contributed by atoms with E-state index >= 15 is 4.39 Å². The number of methoxy groups -OCH3 is 1. The summed E-state index contributed by atoms with van der Waals surface area (Å²) in [5.41, 5.74) is 1.15. The Morgan fingerprint density at radius 1 is 0.705 bits per heavy atom. The summed E-state index contributed by atoms with van der Waals surface area (Å²) in [6.07, 6.45) is 5.80. The molecule has 0 bridgehead atoms. The molecular weight excluding hydrogens is 1480 g/mol. The van der Waals surface area contributed by atoms with E-state index in [1.54, 1.807) is 56.5 Å². The fourth-order valence-electron chi connectivity index (χ4n) is 11.8. The fraction of sp³-hybridized carbons (Fsp3) is 0.553. The molecule has 5 aromatic rings. The summed E-state index contributed by atoms with van der Waals surface area (Å²) < 4.78 is 94.4. The molecule has 3 aliphatic rings. The molecule has 0 spiro atoms. The van der Waals surface area contributed by atoms with Crippen molar-refractivity contribution in [2.45, 2.75) is 120 Å². The Morgan fingerprint density at radius 2 is 1.30 bits per heavy atom. The van der Waals surface area contributed by atoms with Crippen LogP contribution in [-0.4, -0.2) is 250 Å². The number of esters is 1. The van der Waals surface area contributed by atoms with E-state index in [0.717, 1.165) is 19.1 Å². The van der Waals surface area contributed by atoms with E-state index in [4.69, 9.17) is 52.4 Å². The van der Waals surface area contributed by atoms with Gasteiger partial charge in [-0.05, 0) is 80.8 Å². The van der Waals surface area contributed by atoms with Crippen LogP contribution in [0.25, 0.3) is 22.3 Å². The van der Waals surface area contributed by atoms with Crippen LogP contribution >= 0.6 is 0 Å². The number of fused-ring (bicyclic) bond motifs is 5. The first-order chi connectivity index (χ1) is 54.0. The highest BCUT2D eigenvalue weighted by atomic mass is 32.2. The molecular formula is C76H101FN12O22S. The van der Waals surface area contributed by atoms with E-state index < -0.39 is 119 Å². The molecule has 2 aromatic carbocycles. The third kappa shape index (κ3) is 28.7. The Balaban J connectivity index is 0.726. The predicted octanol–water partition coefficient (Wildman–Crippen LogP) is 0.121. The number of hydrogen-bond acceptors (Lipinski definition) is 26. The Labute approximate surface area is 648 Å². The maximum atomic E-state index is 15.2. The van der Waals surface area contributed by atoms with Crippen LogP contribution in [0.15, 0.2) is 70.9 Å². The van der Waals surface area contributed by atoms with Crippen molar-refractivity contribution in [3.05, 3.63) is 116 Å². The van der Waals surface area contributed by atoms with Crippen molar-refractivity contribution in [1.29, 1.82) is 0 Å². The van der Waals surface area contributed by atoms with Gasteiger partial charge in [0.05, 0.1) is 159 Å². The van der Waals surface area contributed by atoms with Gasteiger partial charge in [0.1, 0.15) is 31.3 Å². The van der Waals surface area contributed by atoms with Crippen LogP contribution in [0.1, 0.15) is 97.2 Å². The van der Waals surface area contributed by atoms with Gasteiger partial charge < -0.3 is 99.6 Å². The minimum absolute atomic E-state index is 0.0138. The number of aromatic nitrogens is 4. The van der Waals surface area contributed by atoms with Crippen molar-refractivity contribution in [1.82, 2.24) is 62.1 Å². The van der Waals surface area contributed by atoms with Crippen LogP contribution in [0.4, 0.5) is 4.39 Å². The average molecular weight is 1590 g/mol. The summed E-state index contributed by atoms with van der Waals surface area (Å²) in [5, 5.41) is 33.3. The first-order valence-electron chi connectivity index (χ1n) is 37.2. The third-order valence-corrected chi connectivity index (χ3v) is 18.9. The quantitative estimate of drug-likeness (QED) is 0.00805. The third-order valence-electron chi connectivity index (χ3n) is 18.0. The van der Waals surface area contributed by atoms with E-state index in [9.17, 15) is 56.7 Å².